The fraction of sp³-hybridized carbons (Fsp3) is 0.0652. The number of benzene rings is 8. The van der Waals surface area contributed by atoms with E-state index in [1.54, 1.807) is 11.3 Å². The van der Waals surface area contributed by atoms with Crippen molar-refractivity contribution in [2.24, 2.45) is 0 Å². The molecule has 0 aliphatic heterocycles. The van der Waals surface area contributed by atoms with Crippen LogP contribution < -0.4 is 5.19 Å². The molecule has 0 amide bonds. The zero-order chi connectivity index (χ0) is 33.1. The van der Waals surface area contributed by atoms with Gasteiger partial charge in [-0.15, -0.1) is 11.3 Å². The lowest BCUT2D eigenvalue weighted by Gasteiger charge is -2.20. The van der Waals surface area contributed by atoms with Crippen LogP contribution in [0.3, 0.4) is 0 Å². The van der Waals surface area contributed by atoms with E-state index in [9.17, 15) is 0 Å². The Morgan fingerprint density at radius 3 is 1.49 bits per heavy atom. The lowest BCUT2D eigenvalue weighted by molar-refractivity contribution is 1.48. The van der Waals surface area contributed by atoms with Crippen molar-refractivity contribution in [3.63, 3.8) is 0 Å². The van der Waals surface area contributed by atoms with Gasteiger partial charge in [0.1, 0.15) is 5.01 Å². The van der Waals surface area contributed by atoms with Crippen LogP contribution in [0.25, 0.3) is 86.5 Å². The predicted octanol–water partition coefficient (Wildman–Crippen LogP) is 13.0. The minimum atomic E-state index is -1.39. The van der Waals surface area contributed by atoms with Gasteiger partial charge in [0.15, 0.2) is 0 Å². The summed E-state index contributed by atoms with van der Waals surface area (Å²) < 4.78 is 1.22. The minimum absolute atomic E-state index is 1.06. The first-order chi connectivity index (χ1) is 23.9. The summed E-state index contributed by atoms with van der Waals surface area (Å²) in [6.07, 6.45) is 0. The summed E-state index contributed by atoms with van der Waals surface area (Å²) in [5.41, 5.74) is 9.78. The van der Waals surface area contributed by atoms with Crippen molar-refractivity contribution < 1.29 is 0 Å². The van der Waals surface area contributed by atoms with E-state index in [2.05, 4.69) is 171 Å². The Morgan fingerprint density at radius 2 is 0.898 bits per heavy atom. The SMILES string of the molecule is C[Si](C)(C)c1ccc(-c2c3ccccc3c(-c3ccc4cc(-c5ccc(-c6nc7ccccc7s6)cc5)ccc4c3)c3ccccc23)cc1. The molecule has 3 heteroatoms. The second-order valence-corrected chi connectivity index (χ2v) is 20.1. The number of nitrogens with zero attached hydrogens (tertiary/aromatic N) is 1. The van der Waals surface area contributed by atoms with Gasteiger partial charge in [-0.05, 0) is 90.0 Å². The smallest absolute Gasteiger partial charge is 0.124 e. The summed E-state index contributed by atoms with van der Waals surface area (Å²) in [6, 6.07) is 58.2. The molecule has 234 valence electrons. The van der Waals surface area contributed by atoms with Gasteiger partial charge < -0.3 is 0 Å². The third kappa shape index (κ3) is 5.27. The Morgan fingerprint density at radius 1 is 0.429 bits per heavy atom. The number of hydrogen-bond acceptors (Lipinski definition) is 2. The molecule has 0 atom stereocenters. The lowest BCUT2D eigenvalue weighted by Crippen LogP contribution is -2.37. The standard InChI is InChI=1S/C46H35NSSi/c1-49(2,3)37-26-24-31(25-27-37)44-38-10-4-6-12-40(38)45(41-13-7-5-11-39(41)44)36-23-22-34-28-33(20-21-35(34)29-36)30-16-18-32(19-17-30)46-47-42-14-8-9-15-43(42)48-46/h4-29H,1-3H3. The van der Waals surface area contributed by atoms with Crippen molar-refractivity contribution >= 4 is 67.1 Å². The van der Waals surface area contributed by atoms with Crippen molar-refractivity contribution in [3.8, 4) is 44.0 Å². The number of para-hydroxylation sites is 1. The Balaban J connectivity index is 1.12. The topological polar surface area (TPSA) is 12.9 Å². The van der Waals surface area contributed by atoms with Gasteiger partial charge in [-0.1, -0.05) is 158 Å². The Bertz CT molecular complexity index is 2590. The molecule has 9 rings (SSSR count). The second-order valence-electron chi connectivity index (χ2n) is 14.0. The zero-order valence-electron chi connectivity index (χ0n) is 27.9. The van der Waals surface area contributed by atoms with Crippen LogP contribution in [0.15, 0.2) is 158 Å². The fourth-order valence-electron chi connectivity index (χ4n) is 7.27. The van der Waals surface area contributed by atoms with Crippen LogP contribution in [0.1, 0.15) is 0 Å². The summed E-state index contributed by atoms with van der Waals surface area (Å²) in [7, 11) is -1.39. The van der Waals surface area contributed by atoms with Gasteiger partial charge in [0.05, 0.1) is 18.3 Å². The number of aromatic nitrogens is 1. The van der Waals surface area contributed by atoms with Gasteiger partial charge in [0.25, 0.3) is 0 Å². The Hall–Kier alpha value is -5.35. The second kappa shape index (κ2) is 11.7. The summed E-state index contributed by atoms with van der Waals surface area (Å²) in [5.74, 6) is 0. The van der Waals surface area contributed by atoms with Crippen LogP contribution in [0.4, 0.5) is 0 Å². The van der Waals surface area contributed by atoms with E-state index in [4.69, 9.17) is 4.98 Å². The van der Waals surface area contributed by atoms with E-state index in [1.807, 2.05) is 6.07 Å². The summed E-state index contributed by atoms with van der Waals surface area (Å²) >= 11 is 1.75. The third-order valence-corrected chi connectivity index (χ3v) is 13.0. The van der Waals surface area contributed by atoms with E-state index in [0.29, 0.717) is 0 Å². The molecule has 1 heterocycles. The number of rotatable bonds is 5. The highest BCUT2D eigenvalue weighted by Crippen LogP contribution is 2.44. The minimum Gasteiger partial charge on any atom is -0.236 e. The molecule has 0 aliphatic rings. The molecule has 0 radical (unpaired) electrons. The molecule has 0 aliphatic carbocycles. The molecule has 49 heavy (non-hydrogen) atoms. The highest BCUT2D eigenvalue weighted by Gasteiger charge is 2.19. The summed E-state index contributed by atoms with van der Waals surface area (Å²) in [6.45, 7) is 7.23. The molecule has 0 saturated carbocycles. The van der Waals surface area contributed by atoms with Crippen molar-refractivity contribution in [3.05, 3.63) is 158 Å². The van der Waals surface area contributed by atoms with Gasteiger partial charge in [0, 0.05) is 5.56 Å². The fourth-order valence-corrected chi connectivity index (χ4v) is 9.41. The van der Waals surface area contributed by atoms with Gasteiger partial charge in [-0.25, -0.2) is 4.98 Å². The predicted molar refractivity (Wildman–Crippen MR) is 217 cm³/mol. The van der Waals surface area contributed by atoms with E-state index in [1.165, 1.54) is 75.6 Å². The molecule has 0 fully saturated rings. The molecule has 0 N–H and O–H groups in total. The molecule has 9 aromatic rings. The molecule has 0 bridgehead atoms. The molecule has 8 aromatic carbocycles. The Labute approximate surface area is 292 Å². The van der Waals surface area contributed by atoms with Crippen molar-refractivity contribution in [1.82, 2.24) is 4.98 Å². The Kier molecular flexibility index (Phi) is 7.08. The van der Waals surface area contributed by atoms with Crippen LogP contribution in [0.5, 0.6) is 0 Å². The first-order valence-electron chi connectivity index (χ1n) is 17.0. The quantitative estimate of drug-likeness (QED) is 0.132. The molecular weight excluding hydrogens is 627 g/mol. The molecule has 1 aromatic heterocycles. The van der Waals surface area contributed by atoms with Crippen LogP contribution in [0.2, 0.25) is 19.6 Å². The first-order valence-corrected chi connectivity index (χ1v) is 21.3. The average Bonchev–Trinajstić information content (AvgIpc) is 3.58. The summed E-state index contributed by atoms with van der Waals surface area (Å²) in [5, 5.41) is 10.2. The summed E-state index contributed by atoms with van der Waals surface area (Å²) in [4.78, 5) is 4.85. The first kappa shape index (κ1) is 29.8. The van der Waals surface area contributed by atoms with E-state index in [0.717, 1.165) is 16.1 Å². The lowest BCUT2D eigenvalue weighted by atomic mass is 9.85. The molecule has 0 unspecified atom stereocenters. The molecule has 1 nitrogen and oxygen atoms in total. The third-order valence-electron chi connectivity index (χ3n) is 9.86. The van der Waals surface area contributed by atoms with E-state index >= 15 is 0 Å². The van der Waals surface area contributed by atoms with Gasteiger partial charge in [-0.2, -0.15) is 0 Å². The van der Waals surface area contributed by atoms with E-state index < -0.39 is 8.07 Å². The average molecular weight is 662 g/mol. The maximum atomic E-state index is 4.85. The molecule has 0 spiro atoms. The monoisotopic (exact) mass is 661 g/mol. The molecule has 0 saturated heterocycles. The maximum Gasteiger partial charge on any atom is 0.124 e. The van der Waals surface area contributed by atoms with Crippen molar-refractivity contribution in [2.75, 3.05) is 0 Å². The number of hydrogen-bond donors (Lipinski definition) is 0. The van der Waals surface area contributed by atoms with E-state index in [-0.39, 0.29) is 0 Å². The van der Waals surface area contributed by atoms with Gasteiger partial charge in [0.2, 0.25) is 0 Å². The van der Waals surface area contributed by atoms with Crippen molar-refractivity contribution in [1.29, 1.82) is 0 Å². The van der Waals surface area contributed by atoms with Crippen molar-refractivity contribution in [2.45, 2.75) is 19.6 Å². The van der Waals surface area contributed by atoms with Crippen LogP contribution in [-0.2, 0) is 0 Å². The van der Waals surface area contributed by atoms with Crippen LogP contribution in [-0.4, -0.2) is 13.1 Å². The van der Waals surface area contributed by atoms with Crippen LogP contribution >= 0.6 is 11.3 Å². The van der Waals surface area contributed by atoms with Gasteiger partial charge >= 0.3 is 0 Å². The molecular formula is C46H35NSSi. The normalized spacial score (nSPS) is 12.0. The van der Waals surface area contributed by atoms with Gasteiger partial charge in [-0.3, -0.25) is 0 Å². The number of fused-ring (bicyclic) bond motifs is 4. The number of thiazole rings is 1. The van der Waals surface area contributed by atoms with Crippen LogP contribution in [0, 0.1) is 0 Å². The maximum absolute atomic E-state index is 4.85. The highest BCUT2D eigenvalue weighted by atomic mass is 32.1. The zero-order valence-corrected chi connectivity index (χ0v) is 29.7. The highest BCUT2D eigenvalue weighted by molar-refractivity contribution is 7.21. The largest absolute Gasteiger partial charge is 0.236 e.